The van der Waals surface area contributed by atoms with Crippen LogP contribution in [0.4, 0.5) is 23.4 Å². The fourth-order valence-corrected chi connectivity index (χ4v) is 6.10. The highest BCUT2D eigenvalue weighted by atomic mass is 32.2. The predicted molar refractivity (Wildman–Crippen MR) is 136 cm³/mol. The summed E-state index contributed by atoms with van der Waals surface area (Å²) >= 11 is -0.261. The molecule has 2 aliphatic heterocycles. The Morgan fingerprint density at radius 2 is 2.05 bits per heavy atom. The van der Waals surface area contributed by atoms with E-state index < -0.39 is 12.2 Å². The van der Waals surface area contributed by atoms with Gasteiger partial charge in [0.1, 0.15) is 18.2 Å². The monoisotopic (exact) mass is 549 g/mol. The lowest BCUT2D eigenvalue weighted by molar-refractivity contribution is -0.0327. The predicted octanol–water partition coefficient (Wildman–Crippen LogP) is 3.84. The number of amides is 1. The highest BCUT2D eigenvalue weighted by Gasteiger charge is 2.42. The molecule has 2 fully saturated rings. The number of alkyl halides is 4. The minimum atomic E-state index is -4.53. The zero-order valence-corrected chi connectivity index (χ0v) is 21.4. The number of rotatable bonds is 7. The maximum absolute atomic E-state index is 13.5. The van der Waals surface area contributed by atoms with E-state index in [1.807, 2.05) is 0 Å². The van der Waals surface area contributed by atoms with E-state index in [1.54, 1.807) is 31.4 Å². The second-order valence-corrected chi connectivity index (χ2v) is 10.4. The van der Waals surface area contributed by atoms with Gasteiger partial charge in [-0.3, -0.25) is 14.4 Å². The van der Waals surface area contributed by atoms with Gasteiger partial charge in [-0.15, -0.1) is 0 Å². The standard InChI is InChI=1S/C25H27F4N7OS/c1-34-15-16(14-31-34)24(37)30-12-3-4-19-23(38-25(27,28)29)21-5-2-6-22(36(21)33-19)32-18-9-7-17-8-10-20(18)35(17)13-11-26/h2,5-6,14-15,17-18,20,32H,7-13H2,1H3,(H,30,37)/t17-,18-,20-/m1/s1. The molecule has 2 saturated heterocycles. The van der Waals surface area contributed by atoms with Crippen molar-refractivity contribution in [1.82, 2.24) is 29.6 Å². The number of piperidine rings is 1. The van der Waals surface area contributed by atoms with Gasteiger partial charge >= 0.3 is 5.51 Å². The topological polar surface area (TPSA) is 79.5 Å². The molecule has 0 aliphatic carbocycles. The molecule has 3 aromatic heterocycles. The summed E-state index contributed by atoms with van der Waals surface area (Å²) in [6.45, 7) is -0.0850. The van der Waals surface area contributed by atoms with Gasteiger partial charge in [0, 0.05) is 37.9 Å². The zero-order chi connectivity index (χ0) is 26.9. The number of fused-ring (bicyclic) bond motifs is 3. The molecule has 1 amide bonds. The third-order valence-corrected chi connectivity index (χ3v) is 7.82. The van der Waals surface area contributed by atoms with Crippen LogP contribution >= 0.6 is 11.8 Å². The summed E-state index contributed by atoms with van der Waals surface area (Å²) in [6.07, 6.45) is 6.77. The molecule has 5 heterocycles. The Kier molecular flexibility index (Phi) is 7.54. The lowest BCUT2D eigenvalue weighted by Gasteiger charge is -2.40. The summed E-state index contributed by atoms with van der Waals surface area (Å²) in [7, 11) is 1.68. The summed E-state index contributed by atoms with van der Waals surface area (Å²) in [4.78, 5) is 14.3. The molecule has 5 rings (SSSR count). The fourth-order valence-electron chi connectivity index (χ4n) is 5.42. The van der Waals surface area contributed by atoms with Gasteiger partial charge in [0.05, 0.1) is 28.7 Å². The molecule has 0 saturated carbocycles. The van der Waals surface area contributed by atoms with Crippen LogP contribution in [-0.4, -0.2) is 73.6 Å². The van der Waals surface area contributed by atoms with Crippen LogP contribution in [0.2, 0.25) is 0 Å². The Morgan fingerprint density at radius 3 is 2.79 bits per heavy atom. The molecule has 2 N–H and O–H groups in total. The van der Waals surface area contributed by atoms with Gasteiger partial charge in [0.25, 0.3) is 5.91 Å². The third-order valence-electron chi connectivity index (χ3n) is 6.98. The number of nitrogens with zero attached hydrogens (tertiary/aromatic N) is 5. The second-order valence-electron chi connectivity index (χ2n) is 9.37. The van der Waals surface area contributed by atoms with Crippen molar-refractivity contribution in [2.75, 3.05) is 25.1 Å². The van der Waals surface area contributed by atoms with Crippen molar-refractivity contribution in [2.45, 2.75) is 54.2 Å². The molecule has 202 valence electrons. The van der Waals surface area contributed by atoms with Gasteiger partial charge in [0.15, 0.2) is 0 Å². The van der Waals surface area contributed by atoms with E-state index in [0.717, 1.165) is 25.7 Å². The van der Waals surface area contributed by atoms with Crippen molar-refractivity contribution >= 4 is 29.0 Å². The first-order valence-corrected chi connectivity index (χ1v) is 13.2. The minimum Gasteiger partial charge on any atom is -0.366 e. The first-order chi connectivity index (χ1) is 18.2. The number of hydrogen-bond acceptors (Lipinski definition) is 6. The van der Waals surface area contributed by atoms with E-state index in [4.69, 9.17) is 0 Å². The van der Waals surface area contributed by atoms with E-state index in [1.165, 1.54) is 15.4 Å². The van der Waals surface area contributed by atoms with E-state index in [-0.39, 0.29) is 52.4 Å². The normalized spacial score (nSPS) is 21.3. The molecular weight excluding hydrogens is 522 g/mol. The third kappa shape index (κ3) is 5.61. The van der Waals surface area contributed by atoms with Gasteiger partial charge in [-0.2, -0.15) is 23.4 Å². The largest absolute Gasteiger partial charge is 0.446 e. The summed E-state index contributed by atoms with van der Waals surface area (Å²) in [6, 6.07) is 5.62. The lowest BCUT2D eigenvalue weighted by Crippen LogP contribution is -2.51. The molecule has 0 aromatic carbocycles. The number of hydrogen-bond donors (Lipinski definition) is 2. The van der Waals surface area contributed by atoms with E-state index in [2.05, 4.69) is 37.6 Å². The molecular formula is C25H27F4N7OS. The van der Waals surface area contributed by atoms with Gasteiger partial charge in [-0.25, -0.2) is 8.91 Å². The molecule has 0 unspecified atom stereocenters. The number of anilines is 1. The van der Waals surface area contributed by atoms with Gasteiger partial charge < -0.3 is 10.6 Å². The van der Waals surface area contributed by atoms with Crippen molar-refractivity contribution in [3.8, 4) is 11.8 Å². The summed E-state index contributed by atoms with van der Waals surface area (Å²) in [5.41, 5.74) is -3.93. The Bertz CT molecular complexity index is 1380. The van der Waals surface area contributed by atoms with E-state index >= 15 is 0 Å². The first kappa shape index (κ1) is 26.4. The average molecular weight is 550 g/mol. The van der Waals surface area contributed by atoms with Crippen molar-refractivity contribution in [2.24, 2.45) is 7.05 Å². The first-order valence-electron chi connectivity index (χ1n) is 12.3. The molecule has 38 heavy (non-hydrogen) atoms. The SMILES string of the molecule is Cn1cc(C(=O)NCC#Cc2nn3c(N[C@@H]4CC[C@@H]5CC[C@H]4N5CCF)cccc3c2SC(F)(F)F)cn1. The van der Waals surface area contributed by atoms with Crippen LogP contribution in [0, 0.1) is 11.8 Å². The highest BCUT2D eigenvalue weighted by molar-refractivity contribution is 8.00. The van der Waals surface area contributed by atoms with Crippen LogP contribution in [0.15, 0.2) is 35.5 Å². The van der Waals surface area contributed by atoms with Gasteiger partial charge in [-0.1, -0.05) is 12.0 Å². The number of aryl methyl sites for hydroxylation is 1. The maximum Gasteiger partial charge on any atom is 0.446 e. The molecule has 2 bridgehead atoms. The number of thioether (sulfide) groups is 1. The Labute approximate surface area is 221 Å². The summed E-state index contributed by atoms with van der Waals surface area (Å²) in [5, 5.41) is 14.4. The summed E-state index contributed by atoms with van der Waals surface area (Å²) in [5.74, 6) is 5.58. The van der Waals surface area contributed by atoms with E-state index in [0.29, 0.717) is 24.0 Å². The summed E-state index contributed by atoms with van der Waals surface area (Å²) < 4.78 is 56.5. The Hall–Kier alpha value is -3.24. The zero-order valence-electron chi connectivity index (χ0n) is 20.6. The highest BCUT2D eigenvalue weighted by Crippen LogP contribution is 2.42. The number of halogens is 4. The maximum atomic E-state index is 13.5. The fraction of sp³-hybridized carbons (Fsp3) is 0.480. The van der Waals surface area contributed by atoms with Gasteiger partial charge in [-0.05, 0) is 55.5 Å². The second kappa shape index (κ2) is 10.9. The number of carbonyl (C=O) groups is 1. The molecule has 2 aliphatic rings. The quantitative estimate of drug-likeness (QED) is 0.265. The number of nitrogens with one attached hydrogen (secondary N) is 2. The minimum absolute atomic E-state index is 0.0270. The number of pyridine rings is 1. The van der Waals surface area contributed by atoms with Crippen LogP contribution in [0.5, 0.6) is 0 Å². The molecule has 8 nitrogen and oxygen atoms in total. The van der Waals surface area contributed by atoms with Crippen LogP contribution in [0.3, 0.4) is 0 Å². The van der Waals surface area contributed by atoms with Crippen molar-refractivity contribution in [3.05, 3.63) is 41.9 Å². The van der Waals surface area contributed by atoms with Gasteiger partial charge in [0.2, 0.25) is 0 Å². The number of carbonyl (C=O) groups excluding carboxylic acids is 1. The molecule has 3 aromatic rings. The van der Waals surface area contributed by atoms with Crippen LogP contribution < -0.4 is 10.6 Å². The average Bonchev–Trinajstić information content (AvgIpc) is 3.53. The van der Waals surface area contributed by atoms with Crippen molar-refractivity contribution in [3.63, 3.8) is 0 Å². The van der Waals surface area contributed by atoms with Crippen LogP contribution in [0.1, 0.15) is 41.7 Å². The van der Waals surface area contributed by atoms with Crippen LogP contribution in [-0.2, 0) is 7.05 Å². The smallest absolute Gasteiger partial charge is 0.366 e. The van der Waals surface area contributed by atoms with Crippen molar-refractivity contribution < 1.29 is 22.4 Å². The molecule has 13 heteroatoms. The Morgan fingerprint density at radius 1 is 1.24 bits per heavy atom. The molecule has 0 spiro atoms. The Balaban J connectivity index is 1.39. The molecule has 3 atom stereocenters. The van der Waals surface area contributed by atoms with E-state index in [9.17, 15) is 22.4 Å². The van der Waals surface area contributed by atoms with Crippen molar-refractivity contribution in [1.29, 1.82) is 0 Å². The van der Waals surface area contributed by atoms with Crippen LogP contribution in [0.25, 0.3) is 5.52 Å². The lowest BCUT2D eigenvalue weighted by atomic mass is 9.97. The molecule has 0 radical (unpaired) electrons. The number of aromatic nitrogens is 4.